The van der Waals surface area contributed by atoms with E-state index in [1.807, 2.05) is 18.4 Å². The zero-order valence-electron chi connectivity index (χ0n) is 17.8. The Morgan fingerprint density at radius 1 is 1.09 bits per heavy atom. The van der Waals surface area contributed by atoms with E-state index in [1.54, 1.807) is 37.5 Å². The Balaban J connectivity index is 1.67. The van der Waals surface area contributed by atoms with Crippen LogP contribution in [-0.4, -0.2) is 26.0 Å². The minimum atomic E-state index is -0.848. The molecule has 1 atom stereocenters. The van der Waals surface area contributed by atoms with Crippen LogP contribution < -0.4 is 5.32 Å². The van der Waals surface area contributed by atoms with Crippen LogP contribution in [0.25, 0.3) is 0 Å². The van der Waals surface area contributed by atoms with Crippen molar-refractivity contribution in [3.8, 4) is 17.6 Å². The van der Waals surface area contributed by atoms with Crippen molar-refractivity contribution in [3.05, 3.63) is 105 Å². The third kappa shape index (κ3) is 5.40. The second kappa shape index (κ2) is 9.59. The Morgan fingerprint density at radius 3 is 2.64 bits per heavy atom. The molecular formula is C25H19FN4O2S. The molecule has 1 aromatic carbocycles. The molecule has 8 heteroatoms. The highest BCUT2D eigenvalue weighted by Gasteiger charge is 2.25. The van der Waals surface area contributed by atoms with Crippen LogP contribution >= 0.6 is 11.3 Å². The second-order valence-corrected chi connectivity index (χ2v) is 8.20. The fourth-order valence-corrected chi connectivity index (χ4v) is 4.04. The molecule has 1 amide bonds. The topological polar surface area (TPSA) is 88.0 Å². The van der Waals surface area contributed by atoms with Gasteiger partial charge in [0.25, 0.3) is 5.91 Å². The lowest BCUT2D eigenvalue weighted by atomic mass is 10.1. The minimum absolute atomic E-state index is 0.144. The SMILES string of the molecule is Cc1cc(C#Cc2cccnc2)cc(C(=O)NC(c2nc(C)cs2)c2cc(F)ccc2O)n1. The number of carbonyl (C=O) groups is 1. The first-order valence-corrected chi connectivity index (χ1v) is 10.9. The van der Waals surface area contributed by atoms with Crippen molar-refractivity contribution in [1.82, 2.24) is 20.3 Å². The van der Waals surface area contributed by atoms with E-state index in [0.29, 0.717) is 16.3 Å². The highest BCUT2D eigenvalue weighted by atomic mass is 32.1. The molecule has 3 heterocycles. The lowest BCUT2D eigenvalue weighted by Crippen LogP contribution is -2.30. The molecule has 0 radical (unpaired) electrons. The van der Waals surface area contributed by atoms with E-state index >= 15 is 0 Å². The molecule has 0 saturated carbocycles. The van der Waals surface area contributed by atoms with Crippen molar-refractivity contribution in [2.24, 2.45) is 0 Å². The predicted octanol–water partition coefficient (Wildman–Crippen LogP) is 4.31. The van der Waals surface area contributed by atoms with Gasteiger partial charge in [-0.2, -0.15) is 0 Å². The molecule has 3 aromatic heterocycles. The number of benzene rings is 1. The zero-order chi connectivity index (χ0) is 23.4. The van der Waals surface area contributed by atoms with Gasteiger partial charge in [-0.25, -0.2) is 14.4 Å². The van der Waals surface area contributed by atoms with Gasteiger partial charge in [-0.1, -0.05) is 11.8 Å². The summed E-state index contributed by atoms with van der Waals surface area (Å²) in [5.41, 5.74) is 3.10. The van der Waals surface area contributed by atoms with Gasteiger partial charge in [-0.3, -0.25) is 9.78 Å². The quantitative estimate of drug-likeness (QED) is 0.445. The normalized spacial score (nSPS) is 11.4. The molecule has 1 unspecified atom stereocenters. The third-order valence-corrected chi connectivity index (χ3v) is 5.69. The standard InChI is InChI=1S/C25H19FN4O2S/c1-15-10-18(6-5-17-4-3-9-27-13-17)11-21(28-15)24(32)30-23(25-29-16(2)14-33-25)20-12-19(26)7-8-22(20)31/h3-4,7-14,23,31H,1-2H3,(H,30,32). The van der Waals surface area contributed by atoms with Crippen LogP contribution in [0.5, 0.6) is 5.75 Å². The Kier molecular flexibility index (Phi) is 6.43. The van der Waals surface area contributed by atoms with Crippen molar-refractivity contribution in [2.75, 3.05) is 0 Å². The van der Waals surface area contributed by atoms with Gasteiger partial charge in [-0.15, -0.1) is 11.3 Å². The molecule has 0 bridgehead atoms. The van der Waals surface area contributed by atoms with Crippen LogP contribution in [0.15, 0.2) is 60.2 Å². The van der Waals surface area contributed by atoms with E-state index < -0.39 is 17.8 Å². The summed E-state index contributed by atoms with van der Waals surface area (Å²) < 4.78 is 13.9. The molecule has 6 nitrogen and oxygen atoms in total. The molecule has 164 valence electrons. The summed E-state index contributed by atoms with van der Waals surface area (Å²) in [4.78, 5) is 25.9. The summed E-state index contributed by atoms with van der Waals surface area (Å²) in [5.74, 6) is 4.86. The molecule has 4 aromatic rings. The fraction of sp³-hybridized carbons (Fsp3) is 0.120. The molecule has 0 fully saturated rings. The maximum absolute atomic E-state index is 13.9. The van der Waals surface area contributed by atoms with Gasteiger partial charge in [0.15, 0.2) is 0 Å². The number of hydrogen-bond donors (Lipinski definition) is 2. The Morgan fingerprint density at radius 2 is 1.91 bits per heavy atom. The van der Waals surface area contributed by atoms with Gasteiger partial charge in [0.05, 0.1) is 0 Å². The number of carbonyl (C=O) groups excluding carboxylic acids is 1. The number of halogens is 1. The summed E-state index contributed by atoms with van der Waals surface area (Å²) in [5, 5.41) is 15.5. The maximum atomic E-state index is 13.9. The van der Waals surface area contributed by atoms with Crippen molar-refractivity contribution < 1.29 is 14.3 Å². The number of phenolic OH excluding ortho intramolecular Hbond substituents is 1. The number of phenols is 1. The van der Waals surface area contributed by atoms with Gasteiger partial charge in [-0.05, 0) is 56.3 Å². The van der Waals surface area contributed by atoms with Crippen molar-refractivity contribution in [1.29, 1.82) is 0 Å². The van der Waals surface area contributed by atoms with Crippen LogP contribution in [0, 0.1) is 31.5 Å². The fourth-order valence-electron chi connectivity index (χ4n) is 3.18. The monoisotopic (exact) mass is 458 g/mol. The molecule has 33 heavy (non-hydrogen) atoms. The van der Waals surface area contributed by atoms with Crippen molar-refractivity contribution >= 4 is 17.2 Å². The van der Waals surface area contributed by atoms with Crippen LogP contribution in [0.1, 0.15) is 49.6 Å². The molecule has 0 spiro atoms. The highest BCUT2D eigenvalue weighted by molar-refractivity contribution is 7.09. The van der Waals surface area contributed by atoms with Crippen LogP contribution in [0.4, 0.5) is 4.39 Å². The maximum Gasteiger partial charge on any atom is 0.270 e. The Hall–Kier alpha value is -4.09. The summed E-state index contributed by atoms with van der Waals surface area (Å²) in [6.45, 7) is 3.59. The third-order valence-electron chi connectivity index (χ3n) is 4.66. The number of rotatable bonds is 4. The second-order valence-electron chi connectivity index (χ2n) is 7.31. The lowest BCUT2D eigenvalue weighted by molar-refractivity contribution is 0.0937. The van der Waals surface area contributed by atoms with E-state index in [4.69, 9.17) is 0 Å². The Bertz CT molecular complexity index is 1380. The molecule has 0 saturated heterocycles. The minimum Gasteiger partial charge on any atom is -0.508 e. The van der Waals surface area contributed by atoms with E-state index in [2.05, 4.69) is 32.1 Å². The summed E-state index contributed by atoms with van der Waals surface area (Å²) >= 11 is 1.31. The molecule has 0 aliphatic carbocycles. The first-order chi connectivity index (χ1) is 15.9. The number of thiazole rings is 1. The Labute approximate surface area is 194 Å². The number of hydrogen-bond acceptors (Lipinski definition) is 6. The molecule has 2 N–H and O–H groups in total. The largest absolute Gasteiger partial charge is 0.508 e. The summed E-state index contributed by atoms with van der Waals surface area (Å²) in [7, 11) is 0. The van der Waals surface area contributed by atoms with Crippen LogP contribution in [-0.2, 0) is 0 Å². The van der Waals surface area contributed by atoms with Gasteiger partial charge < -0.3 is 10.4 Å². The van der Waals surface area contributed by atoms with E-state index in [0.717, 1.165) is 17.3 Å². The lowest BCUT2D eigenvalue weighted by Gasteiger charge is -2.18. The zero-order valence-corrected chi connectivity index (χ0v) is 18.7. The van der Waals surface area contributed by atoms with Crippen LogP contribution in [0.3, 0.4) is 0 Å². The smallest absolute Gasteiger partial charge is 0.270 e. The van der Waals surface area contributed by atoms with Gasteiger partial charge in [0.2, 0.25) is 0 Å². The average Bonchev–Trinajstić information content (AvgIpc) is 3.24. The summed E-state index contributed by atoms with van der Waals surface area (Å²) in [6, 6.07) is 9.74. The van der Waals surface area contributed by atoms with E-state index in [-0.39, 0.29) is 17.0 Å². The number of pyridine rings is 2. The summed E-state index contributed by atoms with van der Waals surface area (Å²) in [6.07, 6.45) is 3.32. The van der Waals surface area contributed by atoms with Gasteiger partial charge >= 0.3 is 0 Å². The molecule has 4 rings (SSSR count). The number of aromatic hydroxyl groups is 1. The molecule has 0 aliphatic rings. The van der Waals surface area contributed by atoms with Gasteiger partial charge in [0, 0.05) is 45.9 Å². The van der Waals surface area contributed by atoms with E-state index in [9.17, 15) is 14.3 Å². The van der Waals surface area contributed by atoms with Gasteiger partial charge in [0.1, 0.15) is 28.3 Å². The molecule has 0 aliphatic heterocycles. The number of nitrogens with zero attached hydrogens (tertiary/aromatic N) is 3. The average molecular weight is 459 g/mol. The number of amides is 1. The molecular weight excluding hydrogens is 439 g/mol. The number of nitrogens with one attached hydrogen (secondary N) is 1. The first-order valence-electron chi connectivity index (χ1n) is 10.0. The number of aromatic nitrogens is 3. The van der Waals surface area contributed by atoms with E-state index in [1.165, 1.54) is 23.5 Å². The van der Waals surface area contributed by atoms with Crippen molar-refractivity contribution in [3.63, 3.8) is 0 Å². The number of aryl methyl sites for hydroxylation is 2. The van der Waals surface area contributed by atoms with Crippen LogP contribution in [0.2, 0.25) is 0 Å². The van der Waals surface area contributed by atoms with Crippen molar-refractivity contribution in [2.45, 2.75) is 19.9 Å². The first kappa shape index (κ1) is 22.1. The highest BCUT2D eigenvalue weighted by Crippen LogP contribution is 2.32. The predicted molar refractivity (Wildman–Crippen MR) is 123 cm³/mol.